The van der Waals surface area contributed by atoms with Crippen molar-refractivity contribution in [1.29, 1.82) is 5.26 Å². The normalized spacial score (nSPS) is 23.6. The molecule has 1 aromatic heterocycles. The van der Waals surface area contributed by atoms with E-state index in [4.69, 9.17) is 14.2 Å². The summed E-state index contributed by atoms with van der Waals surface area (Å²) in [6, 6.07) is 6.70. The molecule has 2 fully saturated rings. The number of phenolic OH excluding ortho intramolecular Hbond substituents is 1. The zero-order valence-electron chi connectivity index (χ0n) is 18.0. The second kappa shape index (κ2) is 8.06. The summed E-state index contributed by atoms with van der Waals surface area (Å²) in [7, 11) is 1.40. The van der Waals surface area contributed by atoms with Crippen LogP contribution in [0.4, 0.5) is 11.8 Å². The molecule has 0 bridgehead atoms. The van der Waals surface area contributed by atoms with Crippen LogP contribution in [0.1, 0.15) is 29.9 Å². The maximum atomic E-state index is 13.2. The van der Waals surface area contributed by atoms with E-state index < -0.39 is 29.1 Å². The second-order valence-electron chi connectivity index (χ2n) is 8.22. The standard InChI is InChI=1S/C22H23N5O6/c1-31-14-4-2-3-12(17(14)28)15-13(11-23)19(29)24-18-16(15)20(30)26-21(25-18)27-7-5-22(6-8-27)32-9-10-33-22/h2-4,13,15,28H,5-10H2,1H3,(H2,24,25,26,29,30). The van der Waals surface area contributed by atoms with Gasteiger partial charge < -0.3 is 29.5 Å². The highest BCUT2D eigenvalue weighted by molar-refractivity contribution is 5.98. The molecule has 4 heterocycles. The molecule has 2 aromatic rings. The summed E-state index contributed by atoms with van der Waals surface area (Å²) in [6.45, 7) is 2.24. The predicted octanol–water partition coefficient (Wildman–Crippen LogP) is 1.05. The lowest BCUT2D eigenvalue weighted by Gasteiger charge is -2.38. The zero-order chi connectivity index (χ0) is 23.2. The highest BCUT2D eigenvalue weighted by atomic mass is 16.7. The van der Waals surface area contributed by atoms with E-state index in [9.17, 15) is 20.0 Å². The number of hydrogen-bond acceptors (Lipinski definition) is 9. The molecule has 5 rings (SSSR count). The van der Waals surface area contributed by atoms with Crippen LogP contribution in [0.5, 0.6) is 11.5 Å². The van der Waals surface area contributed by atoms with E-state index in [-0.39, 0.29) is 28.4 Å². The number of aromatic hydroxyl groups is 1. The van der Waals surface area contributed by atoms with Crippen LogP contribution in [0.3, 0.4) is 0 Å². The number of hydrogen-bond donors (Lipinski definition) is 3. The topological polar surface area (TPSA) is 150 Å². The summed E-state index contributed by atoms with van der Waals surface area (Å²) < 4.78 is 16.7. The minimum absolute atomic E-state index is 0.0751. The lowest BCUT2D eigenvalue weighted by molar-refractivity contribution is -0.169. The van der Waals surface area contributed by atoms with Gasteiger partial charge in [-0.2, -0.15) is 10.2 Å². The number of carbonyl (C=O) groups is 1. The molecule has 3 N–H and O–H groups in total. The average Bonchev–Trinajstić information content (AvgIpc) is 3.26. The number of carbonyl (C=O) groups excluding carboxylic acids is 1. The first-order valence-corrected chi connectivity index (χ1v) is 10.7. The number of ether oxygens (including phenoxy) is 3. The monoisotopic (exact) mass is 453 g/mol. The van der Waals surface area contributed by atoms with Crippen LogP contribution in [-0.4, -0.2) is 60.2 Å². The number of rotatable bonds is 3. The van der Waals surface area contributed by atoms with Crippen molar-refractivity contribution in [3.8, 4) is 17.6 Å². The number of aromatic amines is 1. The van der Waals surface area contributed by atoms with Gasteiger partial charge in [-0.15, -0.1) is 0 Å². The molecule has 1 amide bonds. The molecule has 2 unspecified atom stereocenters. The van der Waals surface area contributed by atoms with Gasteiger partial charge in [0, 0.05) is 37.4 Å². The molecule has 0 saturated carbocycles. The maximum Gasteiger partial charge on any atom is 0.258 e. The van der Waals surface area contributed by atoms with E-state index in [0.717, 1.165) is 0 Å². The Bertz CT molecular complexity index is 1190. The molecule has 0 radical (unpaired) electrons. The second-order valence-corrected chi connectivity index (χ2v) is 8.22. The Morgan fingerprint density at radius 1 is 1.27 bits per heavy atom. The molecule has 0 aliphatic carbocycles. The molecule has 172 valence electrons. The molecule has 33 heavy (non-hydrogen) atoms. The van der Waals surface area contributed by atoms with Crippen molar-refractivity contribution in [1.82, 2.24) is 9.97 Å². The SMILES string of the molecule is COc1cccc(C2c3c(nc(N4CCC5(CC4)OCCO5)[nH]c3=O)NC(=O)C2C#N)c1O. The van der Waals surface area contributed by atoms with Gasteiger partial charge in [0.25, 0.3) is 5.56 Å². The van der Waals surface area contributed by atoms with Crippen LogP contribution in [0.2, 0.25) is 0 Å². The predicted molar refractivity (Wildman–Crippen MR) is 115 cm³/mol. The molecule has 1 spiro atoms. The third-order valence-corrected chi connectivity index (χ3v) is 6.47. The quantitative estimate of drug-likeness (QED) is 0.620. The van der Waals surface area contributed by atoms with Crippen LogP contribution >= 0.6 is 0 Å². The number of nitriles is 1. The van der Waals surface area contributed by atoms with Gasteiger partial charge in [-0.3, -0.25) is 14.6 Å². The molecule has 3 aliphatic rings. The van der Waals surface area contributed by atoms with E-state index in [2.05, 4.69) is 15.3 Å². The van der Waals surface area contributed by atoms with Gasteiger partial charge in [-0.1, -0.05) is 12.1 Å². The maximum absolute atomic E-state index is 13.2. The number of amides is 1. The number of methoxy groups -OCH3 is 1. The Labute approximate surface area is 188 Å². The van der Waals surface area contributed by atoms with Gasteiger partial charge in [-0.05, 0) is 6.07 Å². The Morgan fingerprint density at radius 2 is 2.00 bits per heavy atom. The summed E-state index contributed by atoms with van der Waals surface area (Å²) in [5, 5.41) is 23.0. The molecule has 2 atom stereocenters. The van der Waals surface area contributed by atoms with Gasteiger partial charge in [-0.25, -0.2) is 0 Å². The minimum atomic E-state index is -1.23. The smallest absolute Gasteiger partial charge is 0.258 e. The number of nitrogens with one attached hydrogen (secondary N) is 2. The van der Waals surface area contributed by atoms with Crippen molar-refractivity contribution in [3.63, 3.8) is 0 Å². The number of H-pyrrole nitrogens is 1. The fourth-order valence-corrected chi connectivity index (χ4v) is 4.78. The number of aromatic nitrogens is 2. The molecule has 2 saturated heterocycles. The third-order valence-electron chi connectivity index (χ3n) is 6.47. The largest absolute Gasteiger partial charge is 0.504 e. The van der Waals surface area contributed by atoms with Crippen LogP contribution in [-0.2, 0) is 14.3 Å². The Balaban J connectivity index is 1.54. The van der Waals surface area contributed by atoms with Crippen molar-refractivity contribution in [3.05, 3.63) is 39.7 Å². The lowest BCUT2D eigenvalue weighted by atomic mass is 9.78. The van der Waals surface area contributed by atoms with E-state index in [0.29, 0.717) is 45.1 Å². The molecule has 11 heteroatoms. The lowest BCUT2D eigenvalue weighted by Crippen LogP contribution is -2.46. The fourth-order valence-electron chi connectivity index (χ4n) is 4.78. The number of para-hydroxylation sites is 1. The van der Waals surface area contributed by atoms with Crippen molar-refractivity contribution in [2.24, 2.45) is 5.92 Å². The summed E-state index contributed by atoms with van der Waals surface area (Å²) in [5.74, 6) is -3.06. The van der Waals surface area contributed by atoms with Gasteiger partial charge in [0.1, 0.15) is 11.7 Å². The van der Waals surface area contributed by atoms with Gasteiger partial charge in [0.15, 0.2) is 17.3 Å². The average molecular weight is 453 g/mol. The van der Waals surface area contributed by atoms with Gasteiger partial charge >= 0.3 is 0 Å². The molecular weight excluding hydrogens is 430 g/mol. The number of benzene rings is 1. The molecular formula is C22H23N5O6. The van der Waals surface area contributed by atoms with Crippen LogP contribution < -0.4 is 20.5 Å². The molecule has 1 aromatic carbocycles. The molecule has 11 nitrogen and oxygen atoms in total. The number of nitrogens with zero attached hydrogens (tertiary/aromatic N) is 3. The third kappa shape index (κ3) is 3.48. The number of anilines is 2. The van der Waals surface area contributed by atoms with E-state index in [1.54, 1.807) is 18.2 Å². The van der Waals surface area contributed by atoms with Crippen molar-refractivity contribution in [2.75, 3.05) is 43.6 Å². The van der Waals surface area contributed by atoms with Crippen LogP contribution in [0.25, 0.3) is 0 Å². The Morgan fingerprint density at radius 3 is 2.67 bits per heavy atom. The fraction of sp³-hybridized carbons (Fsp3) is 0.455. The number of piperidine rings is 1. The highest BCUT2D eigenvalue weighted by Crippen LogP contribution is 2.44. The summed E-state index contributed by atoms with van der Waals surface area (Å²) in [4.78, 5) is 35.2. The zero-order valence-corrected chi connectivity index (χ0v) is 18.0. The summed E-state index contributed by atoms with van der Waals surface area (Å²) >= 11 is 0. The van der Waals surface area contributed by atoms with Crippen molar-refractivity contribution in [2.45, 2.75) is 24.5 Å². The van der Waals surface area contributed by atoms with E-state index in [1.807, 2.05) is 11.0 Å². The summed E-state index contributed by atoms with van der Waals surface area (Å²) in [6.07, 6.45) is 1.24. The van der Waals surface area contributed by atoms with E-state index in [1.165, 1.54) is 7.11 Å². The Kier molecular flexibility index (Phi) is 5.19. The molecule has 3 aliphatic heterocycles. The summed E-state index contributed by atoms with van der Waals surface area (Å²) in [5.41, 5.74) is -0.131. The van der Waals surface area contributed by atoms with Crippen molar-refractivity contribution < 1.29 is 24.1 Å². The van der Waals surface area contributed by atoms with Crippen LogP contribution in [0.15, 0.2) is 23.0 Å². The van der Waals surface area contributed by atoms with Crippen LogP contribution in [0, 0.1) is 17.2 Å². The van der Waals surface area contributed by atoms with Crippen molar-refractivity contribution >= 4 is 17.7 Å². The number of phenols is 1. The minimum Gasteiger partial charge on any atom is -0.504 e. The van der Waals surface area contributed by atoms with Gasteiger partial charge in [0.2, 0.25) is 11.9 Å². The first-order valence-electron chi connectivity index (χ1n) is 10.7. The number of fused-ring (bicyclic) bond motifs is 1. The Hall–Kier alpha value is -3.62. The first kappa shape index (κ1) is 21.2. The highest BCUT2D eigenvalue weighted by Gasteiger charge is 2.43. The van der Waals surface area contributed by atoms with Gasteiger partial charge in [0.05, 0.1) is 32.0 Å². The van der Waals surface area contributed by atoms with E-state index >= 15 is 0 Å². The first-order chi connectivity index (χ1) is 16.0.